The highest BCUT2D eigenvalue weighted by Crippen LogP contribution is 2.24. The molecule has 3 N–H and O–H groups in total. The Bertz CT molecular complexity index is 1120. The smallest absolute Gasteiger partial charge is 0.250 e. The lowest BCUT2D eigenvalue weighted by molar-refractivity contribution is -0.115. The normalized spacial score (nSPS) is 10.8. The maximum absolute atomic E-state index is 12.6. The zero-order valence-corrected chi connectivity index (χ0v) is 17.7. The van der Waals surface area contributed by atoms with Gasteiger partial charge in [0.15, 0.2) is 0 Å². The summed E-state index contributed by atoms with van der Waals surface area (Å²) in [5, 5.41) is 8.19. The summed E-state index contributed by atoms with van der Waals surface area (Å²) >= 11 is 12.3. The topological polar surface area (TPSA) is 90.0 Å². The molecule has 0 saturated carbocycles. The van der Waals surface area contributed by atoms with E-state index in [1.807, 2.05) is 39.0 Å². The van der Waals surface area contributed by atoms with E-state index < -0.39 is 5.91 Å². The Labute approximate surface area is 178 Å². The van der Waals surface area contributed by atoms with E-state index in [9.17, 15) is 9.59 Å². The number of nitrogens with zero attached hydrogens (tertiary/aromatic N) is 2. The van der Waals surface area contributed by atoms with Crippen molar-refractivity contribution in [1.82, 2.24) is 9.78 Å². The number of hydrogen-bond acceptors (Lipinski definition) is 3. The fourth-order valence-corrected chi connectivity index (χ4v) is 3.50. The van der Waals surface area contributed by atoms with E-state index in [0.717, 1.165) is 28.2 Å². The van der Waals surface area contributed by atoms with Crippen LogP contribution < -0.4 is 11.1 Å². The van der Waals surface area contributed by atoms with Crippen molar-refractivity contribution in [3.63, 3.8) is 0 Å². The van der Waals surface area contributed by atoms with Gasteiger partial charge in [0, 0.05) is 22.0 Å². The van der Waals surface area contributed by atoms with Gasteiger partial charge in [-0.1, -0.05) is 29.3 Å². The maximum atomic E-state index is 12.6. The van der Waals surface area contributed by atoms with Crippen molar-refractivity contribution in [2.45, 2.75) is 27.2 Å². The molecule has 6 nitrogen and oxygen atoms in total. The molecule has 3 rings (SSSR count). The largest absolute Gasteiger partial charge is 0.366 e. The van der Waals surface area contributed by atoms with Crippen LogP contribution in [-0.4, -0.2) is 21.6 Å². The summed E-state index contributed by atoms with van der Waals surface area (Å²) < 4.78 is 1.78. The van der Waals surface area contributed by atoms with Crippen molar-refractivity contribution in [2.75, 3.05) is 5.32 Å². The predicted molar refractivity (Wildman–Crippen MR) is 115 cm³/mol. The molecule has 150 valence electrons. The zero-order chi connectivity index (χ0) is 21.3. The molecule has 0 saturated heterocycles. The van der Waals surface area contributed by atoms with Crippen LogP contribution in [0.1, 0.15) is 32.9 Å². The standard InChI is InChI=1S/C21H20Cl2N4O2/c1-11-4-6-15(9-18(11)22)27-13(3)17(12(2)26-27)10-20(28)25-14-5-7-16(21(24)29)19(23)8-14/h4-9H,10H2,1-3H3,(H2,24,29)(H,25,28). The first-order valence-corrected chi connectivity index (χ1v) is 9.63. The average molecular weight is 431 g/mol. The Balaban J connectivity index is 1.81. The zero-order valence-electron chi connectivity index (χ0n) is 16.2. The van der Waals surface area contributed by atoms with E-state index in [2.05, 4.69) is 10.4 Å². The molecule has 2 amide bonds. The van der Waals surface area contributed by atoms with Crippen LogP contribution in [0.4, 0.5) is 5.69 Å². The third-order valence-electron chi connectivity index (χ3n) is 4.70. The number of benzene rings is 2. The number of nitrogens with two attached hydrogens (primary N) is 1. The van der Waals surface area contributed by atoms with E-state index in [0.29, 0.717) is 10.7 Å². The van der Waals surface area contributed by atoms with Crippen molar-refractivity contribution < 1.29 is 9.59 Å². The van der Waals surface area contributed by atoms with Crippen LogP contribution in [0.25, 0.3) is 5.69 Å². The highest BCUT2D eigenvalue weighted by atomic mass is 35.5. The molecule has 0 unspecified atom stereocenters. The first kappa shape index (κ1) is 20.9. The summed E-state index contributed by atoms with van der Waals surface area (Å²) in [5.41, 5.74) is 10.2. The monoisotopic (exact) mass is 430 g/mol. The number of aromatic nitrogens is 2. The van der Waals surface area contributed by atoms with Crippen molar-refractivity contribution in [3.05, 3.63) is 74.5 Å². The highest BCUT2D eigenvalue weighted by Gasteiger charge is 2.17. The van der Waals surface area contributed by atoms with E-state index in [1.54, 1.807) is 10.7 Å². The lowest BCUT2D eigenvalue weighted by Crippen LogP contribution is -2.16. The van der Waals surface area contributed by atoms with Crippen LogP contribution in [0.15, 0.2) is 36.4 Å². The van der Waals surface area contributed by atoms with Crippen LogP contribution in [0.3, 0.4) is 0 Å². The molecule has 0 spiro atoms. The molecule has 0 bridgehead atoms. The number of amides is 2. The van der Waals surface area contributed by atoms with Gasteiger partial charge in [0.2, 0.25) is 11.8 Å². The molecule has 1 aromatic heterocycles. The molecule has 29 heavy (non-hydrogen) atoms. The van der Waals surface area contributed by atoms with Crippen LogP contribution in [0, 0.1) is 20.8 Å². The van der Waals surface area contributed by atoms with Gasteiger partial charge in [0.25, 0.3) is 0 Å². The van der Waals surface area contributed by atoms with Gasteiger partial charge in [0.05, 0.1) is 28.4 Å². The van der Waals surface area contributed by atoms with Gasteiger partial charge >= 0.3 is 0 Å². The first-order valence-electron chi connectivity index (χ1n) is 8.88. The van der Waals surface area contributed by atoms with E-state index >= 15 is 0 Å². The summed E-state index contributed by atoms with van der Waals surface area (Å²) in [6, 6.07) is 10.3. The number of halogens is 2. The molecule has 8 heteroatoms. The van der Waals surface area contributed by atoms with Gasteiger partial charge in [-0.15, -0.1) is 0 Å². The Kier molecular flexibility index (Phi) is 5.96. The lowest BCUT2D eigenvalue weighted by atomic mass is 10.1. The summed E-state index contributed by atoms with van der Waals surface area (Å²) in [4.78, 5) is 23.8. The Morgan fingerprint density at radius 1 is 1.07 bits per heavy atom. The molecule has 0 aliphatic carbocycles. The molecule has 0 atom stereocenters. The molecule has 0 aliphatic heterocycles. The lowest BCUT2D eigenvalue weighted by Gasteiger charge is -2.09. The molecule has 1 heterocycles. The summed E-state index contributed by atoms with van der Waals surface area (Å²) in [6.07, 6.45) is 0.145. The molecule has 2 aromatic carbocycles. The second-order valence-corrected chi connectivity index (χ2v) is 7.59. The number of nitrogens with one attached hydrogen (secondary N) is 1. The SMILES string of the molecule is Cc1ccc(-n2nc(C)c(CC(=O)Nc3ccc(C(N)=O)c(Cl)c3)c2C)cc1Cl. The summed E-state index contributed by atoms with van der Waals surface area (Å²) in [7, 11) is 0. The maximum Gasteiger partial charge on any atom is 0.250 e. The second-order valence-electron chi connectivity index (χ2n) is 6.78. The molecule has 3 aromatic rings. The Hall–Kier alpha value is -2.83. The van der Waals surface area contributed by atoms with Gasteiger partial charge in [0.1, 0.15) is 0 Å². The molecular weight excluding hydrogens is 411 g/mol. The Morgan fingerprint density at radius 2 is 1.79 bits per heavy atom. The number of anilines is 1. The summed E-state index contributed by atoms with van der Waals surface area (Å²) in [5.74, 6) is -0.844. The van der Waals surface area contributed by atoms with Crippen molar-refractivity contribution in [1.29, 1.82) is 0 Å². The van der Waals surface area contributed by atoms with Gasteiger partial charge in [-0.2, -0.15) is 5.10 Å². The quantitative estimate of drug-likeness (QED) is 0.628. The predicted octanol–water partition coefficient (Wildman–Crippen LogP) is 4.38. The van der Waals surface area contributed by atoms with Crippen molar-refractivity contribution in [3.8, 4) is 5.69 Å². The van der Waals surface area contributed by atoms with Gasteiger partial charge in [-0.25, -0.2) is 4.68 Å². The second kappa shape index (κ2) is 8.27. The number of aryl methyl sites for hydroxylation is 2. The van der Waals surface area contributed by atoms with Crippen LogP contribution in [-0.2, 0) is 11.2 Å². The highest BCUT2D eigenvalue weighted by molar-refractivity contribution is 6.34. The average Bonchev–Trinajstić information content (AvgIpc) is 2.92. The number of carbonyl (C=O) groups is 2. The first-order chi connectivity index (χ1) is 13.7. The minimum absolute atomic E-state index is 0.145. The third kappa shape index (κ3) is 4.44. The third-order valence-corrected chi connectivity index (χ3v) is 5.42. The number of hydrogen-bond donors (Lipinski definition) is 2. The van der Waals surface area contributed by atoms with Gasteiger partial charge < -0.3 is 11.1 Å². The van der Waals surface area contributed by atoms with Crippen LogP contribution >= 0.6 is 23.2 Å². The molecule has 0 fully saturated rings. The van der Waals surface area contributed by atoms with E-state index in [4.69, 9.17) is 28.9 Å². The van der Waals surface area contributed by atoms with Gasteiger partial charge in [-0.3, -0.25) is 9.59 Å². The van der Waals surface area contributed by atoms with Crippen molar-refractivity contribution >= 4 is 40.7 Å². The number of primary amides is 1. The molecule has 0 aliphatic rings. The minimum atomic E-state index is -0.622. The van der Waals surface area contributed by atoms with E-state index in [-0.39, 0.29) is 22.9 Å². The van der Waals surface area contributed by atoms with Crippen LogP contribution in [0.2, 0.25) is 10.0 Å². The molecule has 0 radical (unpaired) electrons. The summed E-state index contributed by atoms with van der Waals surface area (Å²) in [6.45, 7) is 5.71. The number of rotatable bonds is 5. The van der Waals surface area contributed by atoms with Crippen LogP contribution in [0.5, 0.6) is 0 Å². The van der Waals surface area contributed by atoms with E-state index in [1.165, 1.54) is 12.1 Å². The fraction of sp³-hybridized carbons (Fsp3) is 0.190. The minimum Gasteiger partial charge on any atom is -0.366 e. The number of carbonyl (C=O) groups excluding carboxylic acids is 2. The van der Waals surface area contributed by atoms with Gasteiger partial charge in [-0.05, 0) is 56.7 Å². The fourth-order valence-electron chi connectivity index (χ4n) is 3.05. The van der Waals surface area contributed by atoms with Crippen molar-refractivity contribution in [2.24, 2.45) is 5.73 Å². The molecular formula is C21H20Cl2N4O2. The Morgan fingerprint density at radius 3 is 2.41 bits per heavy atom.